The normalized spacial score (nSPS) is 10.8. The Kier molecular flexibility index (Phi) is 2.18. The van der Waals surface area contributed by atoms with E-state index in [4.69, 9.17) is 0 Å². The molecule has 0 atom stereocenters. The van der Waals surface area contributed by atoms with Crippen molar-refractivity contribution in [2.75, 3.05) is 0 Å². The van der Waals surface area contributed by atoms with Gasteiger partial charge in [0, 0.05) is 5.39 Å². The Labute approximate surface area is 94.1 Å². The first kappa shape index (κ1) is 9.16. The van der Waals surface area contributed by atoms with Gasteiger partial charge in [0.1, 0.15) is 0 Å². The van der Waals surface area contributed by atoms with E-state index in [2.05, 4.69) is 29.4 Å². The molecule has 0 amide bonds. The number of rotatable bonds is 2. The van der Waals surface area contributed by atoms with E-state index in [1.165, 1.54) is 16.5 Å². The summed E-state index contributed by atoms with van der Waals surface area (Å²) < 4.78 is 2.01. The fraction of sp³-hybridized carbons (Fsp3) is 0.0714. The quantitative estimate of drug-likeness (QED) is 0.631. The third-order valence-electron chi connectivity index (χ3n) is 2.65. The third-order valence-corrected chi connectivity index (χ3v) is 2.65. The van der Waals surface area contributed by atoms with Gasteiger partial charge < -0.3 is 0 Å². The first-order valence-corrected chi connectivity index (χ1v) is 5.29. The molecule has 0 aliphatic rings. The van der Waals surface area contributed by atoms with Crippen LogP contribution < -0.4 is 0 Å². The topological polar surface area (TPSA) is 17.8 Å². The Morgan fingerprint density at radius 3 is 2.94 bits per heavy atom. The molecule has 0 spiro atoms. The van der Waals surface area contributed by atoms with Crippen LogP contribution in [-0.2, 0) is 6.54 Å². The van der Waals surface area contributed by atoms with Gasteiger partial charge in [-0.1, -0.05) is 36.4 Å². The van der Waals surface area contributed by atoms with E-state index in [1.54, 1.807) is 0 Å². The van der Waals surface area contributed by atoms with Crippen LogP contribution in [0.25, 0.3) is 10.9 Å². The third kappa shape index (κ3) is 1.58. The number of hydrogen-bond donors (Lipinski definition) is 0. The van der Waals surface area contributed by atoms with Gasteiger partial charge in [-0.2, -0.15) is 5.10 Å². The van der Waals surface area contributed by atoms with Gasteiger partial charge in [-0.3, -0.25) is 4.68 Å². The summed E-state index contributed by atoms with van der Waals surface area (Å²) in [5.74, 6) is 0. The maximum atomic E-state index is 4.39. The van der Waals surface area contributed by atoms with Crippen molar-refractivity contribution in [1.29, 1.82) is 0 Å². The molecule has 0 N–H and O–H groups in total. The van der Waals surface area contributed by atoms with Gasteiger partial charge in [-0.15, -0.1) is 0 Å². The molecule has 16 heavy (non-hydrogen) atoms. The molecule has 0 aliphatic carbocycles. The molecule has 1 aromatic heterocycles. The number of nitrogens with zero attached hydrogens (tertiary/aromatic N) is 2. The first-order valence-electron chi connectivity index (χ1n) is 5.29. The minimum atomic E-state index is 0.796. The van der Waals surface area contributed by atoms with Crippen LogP contribution in [0.15, 0.2) is 54.7 Å². The molecule has 0 aliphatic heterocycles. The summed E-state index contributed by atoms with van der Waals surface area (Å²) in [6.45, 7) is 0.796. The highest BCUT2D eigenvalue weighted by molar-refractivity contribution is 5.78. The molecule has 77 valence electrons. The molecular formula is C14H11N2. The summed E-state index contributed by atoms with van der Waals surface area (Å²) in [4.78, 5) is 0. The smallest absolute Gasteiger partial charge is 0.0686 e. The Morgan fingerprint density at radius 2 is 2.06 bits per heavy atom. The first-order chi connectivity index (χ1) is 7.93. The second-order valence-electron chi connectivity index (χ2n) is 3.77. The lowest BCUT2D eigenvalue weighted by Gasteiger charge is -2.03. The molecule has 0 saturated heterocycles. The molecule has 2 aromatic carbocycles. The van der Waals surface area contributed by atoms with Crippen molar-refractivity contribution in [2.45, 2.75) is 6.54 Å². The van der Waals surface area contributed by atoms with Crippen LogP contribution in [0.2, 0.25) is 0 Å². The monoisotopic (exact) mass is 207 g/mol. The minimum Gasteiger partial charge on any atom is -0.260 e. The van der Waals surface area contributed by atoms with E-state index in [9.17, 15) is 0 Å². The Morgan fingerprint density at radius 1 is 1.12 bits per heavy atom. The fourth-order valence-electron chi connectivity index (χ4n) is 1.85. The lowest BCUT2D eigenvalue weighted by atomic mass is 10.2. The number of hydrogen-bond acceptors (Lipinski definition) is 1. The number of aromatic nitrogens is 2. The molecule has 0 saturated carbocycles. The lowest BCUT2D eigenvalue weighted by Crippen LogP contribution is -2.00. The Balaban J connectivity index is 2.01. The molecule has 3 aromatic rings. The van der Waals surface area contributed by atoms with Crippen LogP contribution in [0.5, 0.6) is 0 Å². The number of benzene rings is 2. The number of para-hydroxylation sites is 1. The molecule has 0 unspecified atom stereocenters. The Bertz CT molecular complexity index is 596. The van der Waals surface area contributed by atoms with Gasteiger partial charge >= 0.3 is 0 Å². The van der Waals surface area contributed by atoms with E-state index in [0.29, 0.717) is 0 Å². The second-order valence-corrected chi connectivity index (χ2v) is 3.77. The average molecular weight is 207 g/mol. The molecule has 0 bridgehead atoms. The van der Waals surface area contributed by atoms with Gasteiger partial charge in [-0.05, 0) is 23.8 Å². The summed E-state index contributed by atoms with van der Waals surface area (Å²) in [6.07, 6.45) is 1.90. The highest BCUT2D eigenvalue weighted by Crippen LogP contribution is 2.14. The van der Waals surface area contributed by atoms with Gasteiger partial charge in [0.25, 0.3) is 0 Å². The van der Waals surface area contributed by atoms with Gasteiger partial charge in [0.05, 0.1) is 18.3 Å². The van der Waals surface area contributed by atoms with Crippen molar-refractivity contribution in [3.05, 3.63) is 66.4 Å². The molecule has 3 rings (SSSR count). The van der Waals surface area contributed by atoms with Crippen LogP contribution in [0.4, 0.5) is 0 Å². The van der Waals surface area contributed by atoms with Crippen LogP contribution in [-0.4, -0.2) is 9.78 Å². The predicted molar refractivity (Wildman–Crippen MR) is 64.1 cm³/mol. The summed E-state index contributed by atoms with van der Waals surface area (Å²) in [5, 5.41) is 5.58. The van der Waals surface area contributed by atoms with Crippen molar-refractivity contribution in [3.63, 3.8) is 0 Å². The van der Waals surface area contributed by atoms with Crippen LogP contribution in [0.1, 0.15) is 5.56 Å². The molecule has 2 nitrogen and oxygen atoms in total. The van der Waals surface area contributed by atoms with E-state index in [1.807, 2.05) is 41.2 Å². The number of fused-ring (bicyclic) bond motifs is 1. The standard InChI is InChI=1S/C14H11N2/c1-2-6-12(7-3-1)11-16-14-9-5-4-8-13(14)10-15-16/h1-2,4-10H,11H2. The Hall–Kier alpha value is -2.09. The van der Waals surface area contributed by atoms with E-state index >= 15 is 0 Å². The minimum absolute atomic E-state index is 0.796. The highest BCUT2D eigenvalue weighted by Gasteiger charge is 2.01. The summed E-state index contributed by atoms with van der Waals surface area (Å²) >= 11 is 0. The zero-order valence-corrected chi connectivity index (χ0v) is 8.80. The van der Waals surface area contributed by atoms with Crippen molar-refractivity contribution in [2.24, 2.45) is 0 Å². The van der Waals surface area contributed by atoms with Crippen molar-refractivity contribution in [3.8, 4) is 0 Å². The predicted octanol–water partition coefficient (Wildman–Crippen LogP) is 2.88. The van der Waals surface area contributed by atoms with E-state index < -0.39 is 0 Å². The van der Waals surface area contributed by atoms with Crippen molar-refractivity contribution >= 4 is 10.9 Å². The SMILES string of the molecule is [c]1cccc(Cn2ncc3ccccc32)c1. The maximum Gasteiger partial charge on any atom is 0.0686 e. The van der Waals surface area contributed by atoms with E-state index in [0.717, 1.165) is 6.54 Å². The van der Waals surface area contributed by atoms with Gasteiger partial charge in [0.15, 0.2) is 0 Å². The zero-order chi connectivity index (χ0) is 10.8. The van der Waals surface area contributed by atoms with Crippen LogP contribution in [0, 0.1) is 6.07 Å². The van der Waals surface area contributed by atoms with Crippen molar-refractivity contribution < 1.29 is 0 Å². The highest BCUT2D eigenvalue weighted by atomic mass is 15.3. The summed E-state index contributed by atoms with van der Waals surface area (Å²) in [5.41, 5.74) is 2.39. The summed E-state index contributed by atoms with van der Waals surface area (Å²) in [6, 6.07) is 19.3. The molecule has 1 radical (unpaired) electrons. The second kappa shape index (κ2) is 3.81. The fourth-order valence-corrected chi connectivity index (χ4v) is 1.85. The molecule has 0 fully saturated rings. The van der Waals surface area contributed by atoms with Gasteiger partial charge in [0.2, 0.25) is 0 Å². The average Bonchev–Trinajstić information content (AvgIpc) is 2.74. The van der Waals surface area contributed by atoms with E-state index in [-0.39, 0.29) is 0 Å². The van der Waals surface area contributed by atoms with Crippen LogP contribution in [0.3, 0.4) is 0 Å². The molecule has 2 heteroatoms. The molecule has 1 heterocycles. The molecular weight excluding hydrogens is 196 g/mol. The summed E-state index contributed by atoms with van der Waals surface area (Å²) in [7, 11) is 0. The maximum absolute atomic E-state index is 4.39. The van der Waals surface area contributed by atoms with Crippen LogP contribution >= 0.6 is 0 Å². The van der Waals surface area contributed by atoms with Gasteiger partial charge in [-0.25, -0.2) is 0 Å². The largest absolute Gasteiger partial charge is 0.260 e. The van der Waals surface area contributed by atoms with Crippen molar-refractivity contribution in [1.82, 2.24) is 9.78 Å². The zero-order valence-electron chi connectivity index (χ0n) is 8.80. The lowest BCUT2D eigenvalue weighted by molar-refractivity contribution is 0.712.